The number of hydrogen-bond acceptors (Lipinski definition) is 1. The van der Waals surface area contributed by atoms with Crippen molar-refractivity contribution in [3.63, 3.8) is 0 Å². The summed E-state index contributed by atoms with van der Waals surface area (Å²) in [6.45, 7) is 6.74. The summed E-state index contributed by atoms with van der Waals surface area (Å²) in [7, 11) is 2.12. The largest absolute Gasteiger partial charge is 0.311 e. The van der Waals surface area contributed by atoms with E-state index in [1.165, 1.54) is 28.1 Å². The molecule has 0 saturated heterocycles. The molecule has 120 valence electrons. The van der Waals surface area contributed by atoms with Crippen molar-refractivity contribution in [1.29, 1.82) is 0 Å². The minimum atomic E-state index is 0.167. The van der Waals surface area contributed by atoms with Gasteiger partial charge in [-0.15, -0.1) is 0 Å². The predicted octanol–water partition coefficient (Wildman–Crippen LogP) is 4.71. The van der Waals surface area contributed by atoms with Gasteiger partial charge in [0, 0.05) is 17.1 Å². The van der Waals surface area contributed by atoms with Crippen LogP contribution in [0.25, 0.3) is 0 Å². The zero-order chi connectivity index (χ0) is 17.2. The normalized spacial score (nSPS) is 11.3. The van der Waals surface area contributed by atoms with Crippen molar-refractivity contribution in [3.05, 3.63) is 84.4 Å². The Labute approximate surface area is 146 Å². The van der Waals surface area contributed by atoms with E-state index in [1.54, 1.807) is 0 Å². The molecule has 0 radical (unpaired) electrons. The van der Waals surface area contributed by atoms with Gasteiger partial charge in [-0.05, 0) is 47.4 Å². The Morgan fingerprint density at radius 3 is 1.58 bits per heavy atom. The fourth-order valence-corrected chi connectivity index (χ4v) is 2.83. The summed E-state index contributed by atoms with van der Waals surface area (Å²) >= 11 is 0. The van der Waals surface area contributed by atoms with Crippen LogP contribution in [0, 0.1) is 0 Å². The molecule has 3 rings (SSSR count). The average molecular weight is 313 g/mol. The molecule has 1 nitrogen and oxygen atoms in total. The second-order valence-corrected chi connectivity index (χ2v) is 7.30. The van der Waals surface area contributed by atoms with E-state index in [2.05, 4.69) is 112 Å². The summed E-state index contributed by atoms with van der Waals surface area (Å²) in [5.41, 5.74) is 6.32. The second kappa shape index (κ2) is 6.56. The van der Waals surface area contributed by atoms with Crippen LogP contribution in [-0.4, -0.2) is 7.85 Å². The van der Waals surface area contributed by atoms with Gasteiger partial charge in [0.2, 0.25) is 0 Å². The number of benzene rings is 3. The van der Waals surface area contributed by atoms with Crippen molar-refractivity contribution < 1.29 is 0 Å². The molecule has 0 heterocycles. The molecule has 0 atom stereocenters. The third-order valence-corrected chi connectivity index (χ3v) is 4.30. The van der Waals surface area contributed by atoms with Gasteiger partial charge in [0.25, 0.3) is 0 Å². The van der Waals surface area contributed by atoms with Gasteiger partial charge in [-0.1, -0.05) is 68.7 Å². The molecular formula is C22H24BN. The summed E-state index contributed by atoms with van der Waals surface area (Å²) in [6.07, 6.45) is 0. The van der Waals surface area contributed by atoms with Crippen LogP contribution >= 0.6 is 0 Å². The Morgan fingerprint density at radius 1 is 0.625 bits per heavy atom. The van der Waals surface area contributed by atoms with E-state index in [-0.39, 0.29) is 5.41 Å². The van der Waals surface area contributed by atoms with Crippen LogP contribution < -0.4 is 10.4 Å². The lowest BCUT2D eigenvalue weighted by molar-refractivity contribution is 0.590. The fraction of sp³-hybridized carbons (Fsp3) is 0.182. The molecule has 0 aliphatic heterocycles. The zero-order valence-corrected chi connectivity index (χ0v) is 15.0. The van der Waals surface area contributed by atoms with E-state index >= 15 is 0 Å². The molecule has 0 saturated carbocycles. The number of anilines is 3. The molecule has 0 bridgehead atoms. The van der Waals surface area contributed by atoms with Crippen LogP contribution in [0.2, 0.25) is 0 Å². The summed E-state index contributed by atoms with van der Waals surface area (Å²) in [5, 5.41) is 0. The maximum Gasteiger partial charge on any atom is 0.139 e. The summed E-state index contributed by atoms with van der Waals surface area (Å²) in [6, 6.07) is 28.1. The number of nitrogens with zero attached hydrogens (tertiary/aromatic N) is 1. The lowest BCUT2D eigenvalue weighted by Crippen LogP contribution is -2.13. The van der Waals surface area contributed by atoms with E-state index in [0.29, 0.717) is 0 Å². The monoisotopic (exact) mass is 313 g/mol. The number of para-hydroxylation sites is 1. The molecule has 0 unspecified atom stereocenters. The van der Waals surface area contributed by atoms with Crippen molar-refractivity contribution in [2.75, 3.05) is 4.90 Å². The van der Waals surface area contributed by atoms with E-state index in [1.807, 2.05) is 0 Å². The van der Waals surface area contributed by atoms with Gasteiger partial charge in [-0.3, -0.25) is 0 Å². The van der Waals surface area contributed by atoms with Gasteiger partial charge in [-0.2, -0.15) is 0 Å². The minimum Gasteiger partial charge on any atom is -0.311 e. The van der Waals surface area contributed by atoms with Crippen molar-refractivity contribution in [1.82, 2.24) is 0 Å². The van der Waals surface area contributed by atoms with Crippen LogP contribution in [0.1, 0.15) is 26.3 Å². The summed E-state index contributed by atoms with van der Waals surface area (Å²) < 4.78 is 0. The highest BCUT2D eigenvalue weighted by atomic mass is 15.1. The first kappa shape index (κ1) is 16.4. The molecule has 0 aliphatic carbocycles. The zero-order valence-electron chi connectivity index (χ0n) is 15.0. The lowest BCUT2D eigenvalue weighted by atomic mass is 9.87. The highest BCUT2D eigenvalue weighted by Crippen LogP contribution is 2.35. The number of rotatable bonds is 3. The fourth-order valence-electron chi connectivity index (χ4n) is 2.83. The Bertz CT molecular complexity index is 784. The Balaban J connectivity index is 2.06. The van der Waals surface area contributed by atoms with Gasteiger partial charge >= 0.3 is 0 Å². The Morgan fingerprint density at radius 2 is 1.08 bits per heavy atom. The topological polar surface area (TPSA) is 3.24 Å². The SMILES string of the molecule is Bc1ccc(N(c2ccccc2)c2ccc(C(C)(C)C)cc2)cc1. The van der Waals surface area contributed by atoms with Crippen LogP contribution in [-0.2, 0) is 5.41 Å². The van der Waals surface area contributed by atoms with Crippen molar-refractivity contribution >= 4 is 30.4 Å². The van der Waals surface area contributed by atoms with Crippen LogP contribution in [0.5, 0.6) is 0 Å². The van der Waals surface area contributed by atoms with E-state index in [0.717, 1.165) is 0 Å². The van der Waals surface area contributed by atoms with Crippen molar-refractivity contribution in [2.45, 2.75) is 26.2 Å². The van der Waals surface area contributed by atoms with E-state index < -0.39 is 0 Å². The molecule has 0 aromatic heterocycles. The predicted molar refractivity (Wildman–Crippen MR) is 108 cm³/mol. The molecule has 3 aromatic rings. The first-order valence-electron chi connectivity index (χ1n) is 8.47. The molecule has 0 fully saturated rings. The maximum absolute atomic E-state index is 2.30. The van der Waals surface area contributed by atoms with E-state index in [9.17, 15) is 0 Å². The molecule has 3 aromatic carbocycles. The lowest BCUT2D eigenvalue weighted by Gasteiger charge is -2.27. The molecule has 0 spiro atoms. The highest BCUT2D eigenvalue weighted by molar-refractivity contribution is 6.32. The standard InChI is InChI=1S/C22H24BN/c1-22(2,3)17-9-13-20(14-10-17)24(19-7-5-4-6-8-19)21-15-11-18(23)12-16-21/h4-16H,23H2,1-3H3. The first-order chi connectivity index (χ1) is 11.4. The third kappa shape index (κ3) is 3.54. The van der Waals surface area contributed by atoms with Crippen LogP contribution in [0.15, 0.2) is 78.9 Å². The van der Waals surface area contributed by atoms with Crippen molar-refractivity contribution in [3.8, 4) is 0 Å². The van der Waals surface area contributed by atoms with Crippen LogP contribution in [0.3, 0.4) is 0 Å². The van der Waals surface area contributed by atoms with Gasteiger partial charge in [0.15, 0.2) is 0 Å². The van der Waals surface area contributed by atoms with Crippen LogP contribution in [0.4, 0.5) is 17.1 Å². The van der Waals surface area contributed by atoms with Gasteiger partial charge in [0.1, 0.15) is 7.85 Å². The Kier molecular flexibility index (Phi) is 4.48. The van der Waals surface area contributed by atoms with E-state index in [4.69, 9.17) is 0 Å². The molecule has 0 N–H and O–H groups in total. The molecule has 0 amide bonds. The quantitative estimate of drug-likeness (QED) is 0.633. The molecule has 24 heavy (non-hydrogen) atoms. The molecule has 0 aliphatic rings. The number of hydrogen-bond donors (Lipinski definition) is 0. The smallest absolute Gasteiger partial charge is 0.139 e. The highest BCUT2D eigenvalue weighted by Gasteiger charge is 2.16. The molecular weight excluding hydrogens is 289 g/mol. The van der Waals surface area contributed by atoms with Crippen molar-refractivity contribution in [2.24, 2.45) is 0 Å². The third-order valence-electron chi connectivity index (χ3n) is 4.30. The van der Waals surface area contributed by atoms with Gasteiger partial charge in [0.05, 0.1) is 0 Å². The van der Waals surface area contributed by atoms with Gasteiger partial charge < -0.3 is 4.90 Å². The summed E-state index contributed by atoms with van der Waals surface area (Å²) in [4.78, 5) is 2.30. The first-order valence-corrected chi connectivity index (χ1v) is 8.47. The average Bonchev–Trinajstić information content (AvgIpc) is 2.58. The molecule has 2 heteroatoms. The van der Waals surface area contributed by atoms with Gasteiger partial charge in [-0.25, -0.2) is 0 Å². The minimum absolute atomic E-state index is 0.167. The summed E-state index contributed by atoms with van der Waals surface area (Å²) in [5.74, 6) is 0. The second-order valence-electron chi connectivity index (χ2n) is 7.30. The Hall–Kier alpha value is -2.48. The maximum atomic E-state index is 2.30.